The smallest absolute Gasteiger partial charge is 0.240 e. The molecule has 0 radical (unpaired) electrons. The Bertz CT molecular complexity index is 571. The molecule has 92 valence electrons. The summed E-state index contributed by atoms with van der Waals surface area (Å²) in [5.41, 5.74) is 5.72. The number of nitrogens with zero attached hydrogens (tertiary/aromatic N) is 1. The second kappa shape index (κ2) is 4.40. The van der Waals surface area contributed by atoms with Crippen LogP contribution < -0.4 is 10.6 Å². The molecule has 0 fully saturated rings. The van der Waals surface area contributed by atoms with Crippen molar-refractivity contribution in [2.45, 2.75) is 4.90 Å². The molecule has 2 rings (SSSR count). The van der Waals surface area contributed by atoms with Crippen molar-refractivity contribution in [3.8, 4) is 0 Å². The van der Waals surface area contributed by atoms with Crippen molar-refractivity contribution >= 4 is 37.4 Å². The number of amides is 1. The number of hydrogen-bond donors (Lipinski definition) is 1. The molecule has 0 saturated carbocycles. The topological polar surface area (TPSA) is 80.5 Å². The first kappa shape index (κ1) is 12.5. The predicted molar refractivity (Wildman–Crippen MR) is 67.6 cm³/mol. The summed E-state index contributed by atoms with van der Waals surface area (Å²) in [5.74, 6) is -0.342. The monoisotopic (exact) mass is 318 g/mol. The fourth-order valence-electron chi connectivity index (χ4n) is 1.77. The summed E-state index contributed by atoms with van der Waals surface area (Å²) in [4.78, 5) is 13.2. The van der Waals surface area contributed by atoms with Crippen molar-refractivity contribution in [2.24, 2.45) is 5.73 Å². The lowest BCUT2D eigenvalue weighted by atomic mass is 10.2. The van der Waals surface area contributed by atoms with Crippen LogP contribution in [0.2, 0.25) is 0 Å². The number of carbonyl (C=O) groups is 1. The Morgan fingerprint density at radius 1 is 1.47 bits per heavy atom. The average Bonchev–Trinajstić information content (AvgIpc) is 2.29. The molecule has 1 aromatic rings. The van der Waals surface area contributed by atoms with Gasteiger partial charge in [-0.1, -0.05) is 15.9 Å². The zero-order chi connectivity index (χ0) is 12.6. The third-order valence-electron chi connectivity index (χ3n) is 2.61. The molecule has 17 heavy (non-hydrogen) atoms. The van der Waals surface area contributed by atoms with E-state index in [1.165, 1.54) is 11.0 Å². The molecule has 1 amide bonds. The van der Waals surface area contributed by atoms with Crippen LogP contribution in [0.5, 0.6) is 0 Å². The lowest BCUT2D eigenvalue weighted by Gasteiger charge is -2.29. The second-order valence-corrected chi connectivity index (χ2v) is 6.67. The van der Waals surface area contributed by atoms with Crippen molar-refractivity contribution in [1.29, 1.82) is 0 Å². The van der Waals surface area contributed by atoms with Crippen LogP contribution in [0.25, 0.3) is 0 Å². The number of hydrogen-bond acceptors (Lipinski definition) is 4. The maximum absolute atomic E-state index is 11.9. The van der Waals surface area contributed by atoms with E-state index in [1.54, 1.807) is 12.1 Å². The first-order valence-electron chi connectivity index (χ1n) is 4.98. The maximum atomic E-state index is 11.9. The summed E-state index contributed by atoms with van der Waals surface area (Å²) in [6, 6.07) is 4.83. The number of sulfone groups is 1. The number of nitrogens with two attached hydrogens (primary N) is 1. The molecule has 1 aliphatic rings. The van der Waals surface area contributed by atoms with Gasteiger partial charge in [-0.25, -0.2) is 8.42 Å². The SMILES string of the molecule is NCC(=O)N1CCS(=O)(=O)c2cc(Br)ccc21. The van der Waals surface area contributed by atoms with Gasteiger partial charge in [0.2, 0.25) is 5.91 Å². The van der Waals surface area contributed by atoms with E-state index in [-0.39, 0.29) is 29.6 Å². The molecule has 1 aliphatic heterocycles. The third kappa shape index (κ3) is 2.22. The third-order valence-corrected chi connectivity index (χ3v) is 4.82. The highest BCUT2D eigenvalue weighted by Crippen LogP contribution is 2.32. The molecule has 0 aromatic heterocycles. The molecular weight excluding hydrogens is 308 g/mol. The fraction of sp³-hybridized carbons (Fsp3) is 0.300. The van der Waals surface area contributed by atoms with Gasteiger partial charge in [0.05, 0.1) is 22.9 Å². The second-order valence-electron chi connectivity index (χ2n) is 3.68. The Morgan fingerprint density at radius 3 is 2.82 bits per heavy atom. The lowest BCUT2D eigenvalue weighted by molar-refractivity contribution is -0.117. The van der Waals surface area contributed by atoms with Gasteiger partial charge < -0.3 is 10.6 Å². The largest absolute Gasteiger partial charge is 0.322 e. The Morgan fingerprint density at radius 2 is 2.18 bits per heavy atom. The summed E-state index contributed by atoms with van der Waals surface area (Å²) in [6.45, 7) is 0.0303. The van der Waals surface area contributed by atoms with Gasteiger partial charge in [0.1, 0.15) is 0 Å². The van der Waals surface area contributed by atoms with Gasteiger partial charge in [0.15, 0.2) is 9.84 Å². The summed E-state index contributed by atoms with van der Waals surface area (Å²) in [6.07, 6.45) is 0. The van der Waals surface area contributed by atoms with Crippen LogP contribution in [0, 0.1) is 0 Å². The minimum absolute atomic E-state index is 0.0673. The van der Waals surface area contributed by atoms with Gasteiger partial charge in [0, 0.05) is 11.0 Å². The van der Waals surface area contributed by atoms with E-state index in [0.29, 0.717) is 10.2 Å². The van der Waals surface area contributed by atoms with Gasteiger partial charge >= 0.3 is 0 Å². The van der Waals surface area contributed by atoms with Crippen LogP contribution >= 0.6 is 15.9 Å². The van der Waals surface area contributed by atoms with Crippen LogP contribution in [0.15, 0.2) is 27.6 Å². The van der Waals surface area contributed by atoms with Crippen molar-refractivity contribution < 1.29 is 13.2 Å². The number of halogens is 1. The van der Waals surface area contributed by atoms with Crippen LogP contribution in [0.3, 0.4) is 0 Å². The molecule has 0 atom stereocenters. The fourth-order valence-corrected chi connectivity index (χ4v) is 3.73. The highest BCUT2D eigenvalue weighted by Gasteiger charge is 2.31. The molecule has 0 aliphatic carbocycles. The summed E-state index contributed by atoms with van der Waals surface area (Å²) in [5, 5.41) is 0. The van der Waals surface area contributed by atoms with Crippen LogP contribution in [0.4, 0.5) is 5.69 Å². The molecule has 2 N–H and O–H groups in total. The van der Waals surface area contributed by atoms with Gasteiger partial charge in [-0.15, -0.1) is 0 Å². The number of rotatable bonds is 1. The van der Waals surface area contributed by atoms with Gasteiger partial charge in [-0.05, 0) is 18.2 Å². The first-order valence-corrected chi connectivity index (χ1v) is 7.43. The molecular formula is C10H11BrN2O3S. The number of anilines is 1. The Balaban J connectivity index is 2.60. The van der Waals surface area contributed by atoms with Crippen LogP contribution in [-0.4, -0.2) is 33.2 Å². The number of carbonyl (C=O) groups excluding carboxylic acids is 1. The Kier molecular flexibility index (Phi) is 3.24. The predicted octanol–water partition coefficient (Wildman–Crippen LogP) is 0.528. The summed E-state index contributed by atoms with van der Waals surface area (Å²) >= 11 is 3.22. The van der Waals surface area contributed by atoms with Crippen molar-refractivity contribution in [1.82, 2.24) is 0 Å². The van der Waals surface area contributed by atoms with Gasteiger partial charge in [-0.2, -0.15) is 0 Å². The van der Waals surface area contributed by atoms with E-state index in [2.05, 4.69) is 15.9 Å². The molecule has 0 unspecified atom stereocenters. The van der Waals surface area contributed by atoms with Gasteiger partial charge in [-0.3, -0.25) is 4.79 Å². The van der Waals surface area contributed by atoms with Gasteiger partial charge in [0.25, 0.3) is 0 Å². The minimum atomic E-state index is -3.30. The Hall–Kier alpha value is -0.920. The highest BCUT2D eigenvalue weighted by atomic mass is 79.9. The standard InChI is InChI=1S/C10H11BrN2O3S/c11-7-1-2-8-9(5-7)17(15,16)4-3-13(8)10(14)6-12/h1-2,5H,3-4,6,12H2. The lowest BCUT2D eigenvalue weighted by Crippen LogP contribution is -2.42. The van der Waals surface area contributed by atoms with E-state index in [0.717, 1.165) is 0 Å². The average molecular weight is 319 g/mol. The van der Waals surface area contributed by atoms with Crippen molar-refractivity contribution in [3.63, 3.8) is 0 Å². The normalized spacial score (nSPS) is 17.6. The number of benzene rings is 1. The molecule has 0 spiro atoms. The van der Waals surface area contributed by atoms with E-state index in [1.807, 2.05) is 0 Å². The van der Waals surface area contributed by atoms with Crippen molar-refractivity contribution in [2.75, 3.05) is 23.7 Å². The zero-order valence-electron chi connectivity index (χ0n) is 8.89. The molecule has 0 bridgehead atoms. The first-order chi connectivity index (χ1) is 7.95. The van der Waals surface area contributed by atoms with E-state index in [4.69, 9.17) is 5.73 Å². The quantitative estimate of drug-likeness (QED) is 0.819. The zero-order valence-corrected chi connectivity index (χ0v) is 11.3. The number of fused-ring (bicyclic) bond motifs is 1. The molecule has 1 heterocycles. The molecule has 5 nitrogen and oxygen atoms in total. The highest BCUT2D eigenvalue weighted by molar-refractivity contribution is 9.10. The summed E-state index contributed by atoms with van der Waals surface area (Å²) < 4.78 is 24.5. The summed E-state index contributed by atoms with van der Waals surface area (Å²) in [7, 11) is -3.30. The molecule has 0 saturated heterocycles. The van der Waals surface area contributed by atoms with Crippen LogP contribution in [0.1, 0.15) is 0 Å². The maximum Gasteiger partial charge on any atom is 0.240 e. The van der Waals surface area contributed by atoms with E-state index < -0.39 is 9.84 Å². The molecule has 1 aromatic carbocycles. The van der Waals surface area contributed by atoms with E-state index in [9.17, 15) is 13.2 Å². The van der Waals surface area contributed by atoms with Crippen molar-refractivity contribution in [3.05, 3.63) is 22.7 Å². The van der Waals surface area contributed by atoms with Crippen LogP contribution in [-0.2, 0) is 14.6 Å². The minimum Gasteiger partial charge on any atom is -0.322 e. The Labute approximate surface area is 108 Å². The van der Waals surface area contributed by atoms with E-state index >= 15 is 0 Å². The molecule has 7 heteroatoms.